The van der Waals surface area contributed by atoms with E-state index in [0.717, 1.165) is 25.0 Å². The van der Waals surface area contributed by atoms with Crippen molar-refractivity contribution in [1.29, 1.82) is 0 Å². The third kappa shape index (κ3) is 3.27. The van der Waals surface area contributed by atoms with Gasteiger partial charge in [0, 0.05) is 11.5 Å². The fourth-order valence-electron chi connectivity index (χ4n) is 3.08. The molecule has 18 heavy (non-hydrogen) atoms. The fraction of sp³-hybridized carbons (Fsp3) is 1.00. The van der Waals surface area contributed by atoms with Crippen LogP contribution in [0, 0.1) is 22.7 Å². The van der Waals surface area contributed by atoms with Gasteiger partial charge in [-0.3, -0.25) is 0 Å². The van der Waals surface area contributed by atoms with Crippen molar-refractivity contribution in [2.75, 3.05) is 13.2 Å². The van der Waals surface area contributed by atoms with E-state index in [0.29, 0.717) is 10.8 Å². The van der Waals surface area contributed by atoms with Crippen molar-refractivity contribution in [1.82, 2.24) is 0 Å². The number of nitrogens with two attached hydrogens (primary N) is 1. The molecule has 2 atom stereocenters. The second kappa shape index (κ2) is 4.49. The van der Waals surface area contributed by atoms with E-state index in [1.807, 2.05) is 0 Å². The van der Waals surface area contributed by atoms with Crippen LogP contribution in [0.1, 0.15) is 60.3 Å². The lowest BCUT2D eigenvalue weighted by Crippen LogP contribution is -2.41. The van der Waals surface area contributed by atoms with E-state index in [1.165, 1.54) is 25.7 Å². The van der Waals surface area contributed by atoms with Gasteiger partial charge in [0.25, 0.3) is 0 Å². The van der Waals surface area contributed by atoms with Gasteiger partial charge in [0.1, 0.15) is 0 Å². The zero-order valence-corrected chi connectivity index (χ0v) is 12.9. The largest absolute Gasteiger partial charge is 0.381 e. The Bertz CT molecular complexity index is 301. The van der Waals surface area contributed by atoms with Gasteiger partial charge in [0.05, 0.1) is 13.2 Å². The van der Waals surface area contributed by atoms with E-state index in [1.54, 1.807) is 0 Å². The van der Waals surface area contributed by atoms with Crippen LogP contribution >= 0.6 is 0 Å². The molecule has 0 bridgehead atoms. The topological polar surface area (TPSA) is 35.2 Å². The Balaban J connectivity index is 1.79. The molecule has 0 amide bonds. The Labute approximate surface area is 113 Å². The number of rotatable bonds is 5. The zero-order valence-electron chi connectivity index (χ0n) is 12.9. The maximum atomic E-state index is 6.53. The Kier molecular flexibility index (Phi) is 3.57. The lowest BCUT2D eigenvalue weighted by atomic mass is 9.73. The van der Waals surface area contributed by atoms with Crippen LogP contribution in [0.15, 0.2) is 0 Å². The maximum absolute atomic E-state index is 6.53. The summed E-state index contributed by atoms with van der Waals surface area (Å²) in [5.41, 5.74) is 7.50. The monoisotopic (exact) mass is 253 g/mol. The smallest absolute Gasteiger partial charge is 0.0521 e. The number of hydrogen-bond donors (Lipinski definition) is 1. The summed E-state index contributed by atoms with van der Waals surface area (Å²) in [6, 6.07) is 0. The number of ether oxygens (including phenoxy) is 1. The molecule has 0 spiro atoms. The first kappa shape index (κ1) is 14.3. The third-order valence-electron chi connectivity index (χ3n) is 5.14. The van der Waals surface area contributed by atoms with Crippen LogP contribution in [-0.4, -0.2) is 18.8 Å². The van der Waals surface area contributed by atoms with Crippen molar-refractivity contribution in [2.24, 2.45) is 28.4 Å². The van der Waals surface area contributed by atoms with Crippen molar-refractivity contribution in [2.45, 2.75) is 65.8 Å². The second-order valence-corrected chi connectivity index (χ2v) is 8.62. The van der Waals surface area contributed by atoms with E-state index in [2.05, 4.69) is 34.6 Å². The van der Waals surface area contributed by atoms with Crippen molar-refractivity contribution in [3.8, 4) is 0 Å². The molecule has 1 saturated heterocycles. The summed E-state index contributed by atoms with van der Waals surface area (Å²) in [6.45, 7) is 13.6. The Morgan fingerprint density at radius 1 is 1.17 bits per heavy atom. The van der Waals surface area contributed by atoms with E-state index in [4.69, 9.17) is 10.5 Å². The molecular formula is C16H31NO. The molecule has 2 heteroatoms. The summed E-state index contributed by atoms with van der Waals surface area (Å²) < 4.78 is 5.34. The Hall–Kier alpha value is -0.0800. The first-order valence-electron chi connectivity index (χ1n) is 7.49. The molecule has 1 aliphatic heterocycles. The van der Waals surface area contributed by atoms with Crippen molar-refractivity contribution >= 4 is 0 Å². The van der Waals surface area contributed by atoms with Crippen molar-refractivity contribution in [3.63, 3.8) is 0 Å². The van der Waals surface area contributed by atoms with E-state index >= 15 is 0 Å². The van der Waals surface area contributed by atoms with Crippen LogP contribution < -0.4 is 5.73 Å². The van der Waals surface area contributed by atoms with Crippen molar-refractivity contribution < 1.29 is 4.74 Å². The van der Waals surface area contributed by atoms with Crippen molar-refractivity contribution in [3.05, 3.63) is 0 Å². The average Bonchev–Trinajstić information content (AvgIpc) is 2.68. The van der Waals surface area contributed by atoms with Crippen LogP contribution in [-0.2, 0) is 4.74 Å². The molecule has 0 radical (unpaired) electrons. The standard InChI is InChI=1S/C16H31NO/c1-14(2,3)6-7-16(17)9-12(16)8-15(4,5)13-10-18-11-13/h12-13H,6-11,17H2,1-5H3. The second-order valence-electron chi connectivity index (χ2n) is 8.62. The van der Waals surface area contributed by atoms with Gasteiger partial charge in [-0.05, 0) is 42.4 Å². The minimum Gasteiger partial charge on any atom is -0.381 e. The molecule has 2 aliphatic rings. The third-order valence-corrected chi connectivity index (χ3v) is 5.14. The zero-order chi connectivity index (χ0) is 13.6. The molecule has 0 aromatic heterocycles. The van der Waals surface area contributed by atoms with Gasteiger partial charge in [-0.25, -0.2) is 0 Å². The predicted octanol–water partition coefficient (Wildman–Crippen LogP) is 3.59. The summed E-state index contributed by atoms with van der Waals surface area (Å²) in [4.78, 5) is 0. The van der Waals surface area contributed by atoms with Gasteiger partial charge in [0.15, 0.2) is 0 Å². The molecule has 2 fully saturated rings. The highest BCUT2D eigenvalue weighted by molar-refractivity contribution is 5.09. The van der Waals surface area contributed by atoms with E-state index in [-0.39, 0.29) is 5.54 Å². The normalized spacial score (nSPS) is 33.3. The van der Waals surface area contributed by atoms with Gasteiger partial charge in [0.2, 0.25) is 0 Å². The molecule has 2 rings (SSSR count). The van der Waals surface area contributed by atoms with E-state index < -0.39 is 0 Å². The SMILES string of the molecule is CC(C)(C)CCC1(N)CC1CC(C)(C)C1COC1. The molecule has 1 aliphatic carbocycles. The summed E-state index contributed by atoms with van der Waals surface area (Å²) in [6.07, 6.45) is 4.95. The Morgan fingerprint density at radius 3 is 2.22 bits per heavy atom. The van der Waals surface area contributed by atoms with Gasteiger partial charge in [-0.1, -0.05) is 34.6 Å². The predicted molar refractivity (Wildman–Crippen MR) is 76.4 cm³/mol. The highest BCUT2D eigenvalue weighted by Gasteiger charge is 2.53. The summed E-state index contributed by atoms with van der Waals surface area (Å²) >= 11 is 0. The van der Waals surface area contributed by atoms with Gasteiger partial charge < -0.3 is 10.5 Å². The first-order chi connectivity index (χ1) is 8.12. The molecule has 0 aromatic carbocycles. The lowest BCUT2D eigenvalue weighted by Gasteiger charge is -2.40. The van der Waals surface area contributed by atoms with Crippen LogP contribution in [0.5, 0.6) is 0 Å². The summed E-state index contributed by atoms with van der Waals surface area (Å²) in [5, 5.41) is 0. The summed E-state index contributed by atoms with van der Waals surface area (Å²) in [7, 11) is 0. The number of hydrogen-bond acceptors (Lipinski definition) is 2. The minimum absolute atomic E-state index is 0.148. The highest BCUT2D eigenvalue weighted by Crippen LogP contribution is 2.53. The van der Waals surface area contributed by atoms with Crippen LogP contribution in [0.3, 0.4) is 0 Å². The molecule has 2 unspecified atom stereocenters. The maximum Gasteiger partial charge on any atom is 0.0521 e. The van der Waals surface area contributed by atoms with Gasteiger partial charge >= 0.3 is 0 Å². The molecule has 2 nitrogen and oxygen atoms in total. The highest BCUT2D eigenvalue weighted by atomic mass is 16.5. The molecular weight excluding hydrogens is 222 g/mol. The quantitative estimate of drug-likeness (QED) is 0.812. The molecule has 0 aromatic rings. The average molecular weight is 253 g/mol. The minimum atomic E-state index is 0.148. The van der Waals surface area contributed by atoms with Gasteiger partial charge in [-0.2, -0.15) is 0 Å². The molecule has 106 valence electrons. The lowest BCUT2D eigenvalue weighted by molar-refractivity contribution is -0.0921. The molecule has 2 N–H and O–H groups in total. The van der Waals surface area contributed by atoms with Gasteiger partial charge in [-0.15, -0.1) is 0 Å². The van der Waals surface area contributed by atoms with Crippen LogP contribution in [0.25, 0.3) is 0 Å². The van der Waals surface area contributed by atoms with E-state index in [9.17, 15) is 0 Å². The van der Waals surface area contributed by atoms with Crippen LogP contribution in [0.4, 0.5) is 0 Å². The Morgan fingerprint density at radius 2 is 1.78 bits per heavy atom. The van der Waals surface area contributed by atoms with Crippen LogP contribution in [0.2, 0.25) is 0 Å². The fourth-order valence-corrected chi connectivity index (χ4v) is 3.08. The molecule has 1 saturated carbocycles. The first-order valence-corrected chi connectivity index (χ1v) is 7.49. The molecule has 1 heterocycles. The summed E-state index contributed by atoms with van der Waals surface area (Å²) in [5.74, 6) is 1.50.